The van der Waals surface area contributed by atoms with Crippen LogP contribution in [0, 0.1) is 12.3 Å². The minimum atomic E-state index is -0.356. The molecule has 4 nitrogen and oxygen atoms in total. The van der Waals surface area contributed by atoms with Gasteiger partial charge in [0.2, 0.25) is 5.91 Å². The summed E-state index contributed by atoms with van der Waals surface area (Å²) in [6.07, 6.45) is 5.67. The average molecular weight is 233 g/mol. The van der Waals surface area contributed by atoms with E-state index in [4.69, 9.17) is 5.73 Å². The first-order valence-electron chi connectivity index (χ1n) is 6.10. The molecule has 0 spiro atoms. The zero-order valence-corrected chi connectivity index (χ0v) is 10.2. The lowest BCUT2D eigenvalue weighted by atomic mass is 9.85. The van der Waals surface area contributed by atoms with E-state index in [1.165, 1.54) is 0 Å². The van der Waals surface area contributed by atoms with Crippen LogP contribution in [0.2, 0.25) is 0 Å². The van der Waals surface area contributed by atoms with Gasteiger partial charge in [0.25, 0.3) is 0 Å². The number of nitrogens with zero attached hydrogens (tertiary/aromatic N) is 1. The highest BCUT2D eigenvalue weighted by Gasteiger charge is 2.39. The van der Waals surface area contributed by atoms with E-state index >= 15 is 0 Å². The van der Waals surface area contributed by atoms with Gasteiger partial charge in [0.15, 0.2) is 0 Å². The van der Waals surface area contributed by atoms with Crippen molar-refractivity contribution in [3.05, 3.63) is 24.0 Å². The van der Waals surface area contributed by atoms with Crippen molar-refractivity contribution in [3.63, 3.8) is 0 Å². The number of nitrogens with two attached hydrogens (primary N) is 1. The highest BCUT2D eigenvalue weighted by atomic mass is 16.2. The predicted molar refractivity (Wildman–Crippen MR) is 67.6 cm³/mol. The smallest absolute Gasteiger partial charge is 0.231 e. The first kappa shape index (κ1) is 12.0. The lowest BCUT2D eigenvalue weighted by molar-refractivity contribution is -0.124. The van der Waals surface area contributed by atoms with Gasteiger partial charge in [-0.15, -0.1) is 0 Å². The second kappa shape index (κ2) is 4.84. The number of rotatable bonds is 3. The number of hydrogen-bond donors (Lipinski definition) is 2. The van der Waals surface area contributed by atoms with Gasteiger partial charge in [-0.1, -0.05) is 12.8 Å². The zero-order chi connectivity index (χ0) is 12.3. The molecule has 1 heterocycles. The van der Waals surface area contributed by atoms with Crippen molar-refractivity contribution in [1.29, 1.82) is 0 Å². The van der Waals surface area contributed by atoms with Gasteiger partial charge >= 0.3 is 0 Å². The minimum Gasteiger partial charge on any atom is -0.329 e. The molecule has 17 heavy (non-hydrogen) atoms. The van der Waals surface area contributed by atoms with Crippen LogP contribution in [0.5, 0.6) is 0 Å². The number of pyridine rings is 1. The Bertz CT molecular complexity index is 394. The molecule has 0 aliphatic heterocycles. The fourth-order valence-electron chi connectivity index (χ4n) is 2.38. The van der Waals surface area contributed by atoms with Crippen LogP contribution in [0.15, 0.2) is 18.3 Å². The summed E-state index contributed by atoms with van der Waals surface area (Å²) in [5, 5.41) is 2.92. The van der Waals surface area contributed by atoms with E-state index in [1.54, 1.807) is 6.20 Å². The lowest BCUT2D eigenvalue weighted by Crippen LogP contribution is -2.40. The van der Waals surface area contributed by atoms with E-state index in [9.17, 15) is 4.79 Å². The number of aryl methyl sites for hydroxylation is 1. The molecule has 0 aromatic carbocycles. The van der Waals surface area contributed by atoms with E-state index < -0.39 is 0 Å². The Morgan fingerprint density at radius 2 is 2.18 bits per heavy atom. The summed E-state index contributed by atoms with van der Waals surface area (Å²) in [7, 11) is 0. The lowest BCUT2D eigenvalue weighted by Gasteiger charge is -2.25. The molecule has 0 saturated heterocycles. The third-order valence-corrected chi connectivity index (χ3v) is 3.60. The largest absolute Gasteiger partial charge is 0.329 e. The molecule has 1 aliphatic rings. The molecular weight excluding hydrogens is 214 g/mol. The van der Waals surface area contributed by atoms with Crippen molar-refractivity contribution in [2.24, 2.45) is 11.1 Å². The molecule has 0 radical (unpaired) electrons. The number of hydrogen-bond acceptors (Lipinski definition) is 3. The molecule has 0 bridgehead atoms. The molecule has 3 N–H and O–H groups in total. The van der Waals surface area contributed by atoms with Crippen molar-refractivity contribution in [2.45, 2.75) is 32.6 Å². The van der Waals surface area contributed by atoms with E-state index in [1.807, 2.05) is 19.1 Å². The predicted octanol–water partition coefficient (Wildman–Crippen LogP) is 1.85. The standard InChI is InChI=1S/C13H19N3O/c1-10-4-5-11(8-15-10)16-12(17)13(9-14)6-2-3-7-13/h4-5,8H,2-3,6-7,9,14H2,1H3,(H,16,17). The summed E-state index contributed by atoms with van der Waals surface area (Å²) in [5.74, 6) is 0.0446. The molecule has 1 aromatic heterocycles. The maximum Gasteiger partial charge on any atom is 0.231 e. The van der Waals surface area contributed by atoms with Gasteiger partial charge in [-0.3, -0.25) is 9.78 Å². The number of carbonyl (C=O) groups excluding carboxylic acids is 1. The number of carbonyl (C=O) groups is 1. The van der Waals surface area contributed by atoms with Gasteiger partial charge in [-0.05, 0) is 31.9 Å². The maximum atomic E-state index is 12.2. The molecule has 1 saturated carbocycles. The van der Waals surface area contributed by atoms with Crippen LogP contribution in [-0.4, -0.2) is 17.4 Å². The quantitative estimate of drug-likeness (QED) is 0.837. The molecule has 1 aromatic rings. The third kappa shape index (κ3) is 2.47. The monoisotopic (exact) mass is 233 g/mol. The number of anilines is 1. The van der Waals surface area contributed by atoms with E-state index in [2.05, 4.69) is 10.3 Å². The van der Waals surface area contributed by atoms with Gasteiger partial charge in [0.1, 0.15) is 0 Å². The second-order valence-electron chi connectivity index (χ2n) is 4.83. The van der Waals surface area contributed by atoms with Gasteiger partial charge in [0.05, 0.1) is 17.3 Å². The first-order valence-corrected chi connectivity index (χ1v) is 6.10. The summed E-state index contributed by atoms with van der Waals surface area (Å²) in [6, 6.07) is 3.76. The Morgan fingerprint density at radius 1 is 1.47 bits per heavy atom. The zero-order valence-electron chi connectivity index (χ0n) is 10.2. The second-order valence-corrected chi connectivity index (χ2v) is 4.83. The highest BCUT2D eigenvalue weighted by molar-refractivity contribution is 5.95. The molecule has 2 rings (SSSR count). The van der Waals surface area contributed by atoms with Gasteiger partial charge in [-0.2, -0.15) is 0 Å². The van der Waals surface area contributed by atoms with E-state index in [-0.39, 0.29) is 11.3 Å². The van der Waals surface area contributed by atoms with Crippen LogP contribution in [0.25, 0.3) is 0 Å². The van der Waals surface area contributed by atoms with Crippen molar-refractivity contribution >= 4 is 11.6 Å². The summed E-state index contributed by atoms with van der Waals surface area (Å²) in [6.45, 7) is 2.35. The molecule has 1 aliphatic carbocycles. The Kier molecular flexibility index (Phi) is 3.43. The fourth-order valence-corrected chi connectivity index (χ4v) is 2.38. The van der Waals surface area contributed by atoms with Crippen LogP contribution >= 0.6 is 0 Å². The Morgan fingerprint density at radius 3 is 2.71 bits per heavy atom. The van der Waals surface area contributed by atoms with E-state index in [0.717, 1.165) is 37.1 Å². The normalized spacial score (nSPS) is 18.0. The molecule has 0 unspecified atom stereocenters. The van der Waals surface area contributed by atoms with Crippen LogP contribution < -0.4 is 11.1 Å². The fraction of sp³-hybridized carbons (Fsp3) is 0.538. The SMILES string of the molecule is Cc1ccc(NC(=O)C2(CN)CCCC2)cn1. The van der Waals surface area contributed by atoms with E-state index in [0.29, 0.717) is 6.54 Å². The molecule has 92 valence electrons. The Balaban J connectivity index is 2.08. The van der Waals surface area contributed by atoms with Gasteiger partial charge in [-0.25, -0.2) is 0 Å². The van der Waals surface area contributed by atoms with Crippen molar-refractivity contribution in [1.82, 2.24) is 4.98 Å². The summed E-state index contributed by atoms with van der Waals surface area (Å²) < 4.78 is 0. The maximum absolute atomic E-state index is 12.2. The molecule has 4 heteroatoms. The van der Waals surface area contributed by atoms with Crippen molar-refractivity contribution < 1.29 is 4.79 Å². The topological polar surface area (TPSA) is 68.0 Å². The van der Waals surface area contributed by atoms with Crippen molar-refractivity contribution in [3.8, 4) is 0 Å². The van der Waals surface area contributed by atoms with Gasteiger partial charge < -0.3 is 11.1 Å². The highest BCUT2D eigenvalue weighted by Crippen LogP contribution is 2.38. The van der Waals surface area contributed by atoms with Gasteiger partial charge in [0, 0.05) is 12.2 Å². The summed E-state index contributed by atoms with van der Waals surface area (Å²) in [4.78, 5) is 16.4. The number of amides is 1. The van der Waals surface area contributed by atoms with Crippen LogP contribution in [0.3, 0.4) is 0 Å². The van der Waals surface area contributed by atoms with Crippen molar-refractivity contribution in [2.75, 3.05) is 11.9 Å². The Labute approximate surface area is 102 Å². The average Bonchev–Trinajstić information content (AvgIpc) is 2.82. The summed E-state index contributed by atoms with van der Waals surface area (Å²) >= 11 is 0. The van der Waals surface area contributed by atoms with Crippen LogP contribution in [0.4, 0.5) is 5.69 Å². The minimum absolute atomic E-state index is 0.0446. The molecular formula is C13H19N3O. The first-order chi connectivity index (χ1) is 8.16. The molecule has 1 fully saturated rings. The Hall–Kier alpha value is -1.42. The number of nitrogens with one attached hydrogen (secondary N) is 1. The van der Waals surface area contributed by atoms with Crippen LogP contribution in [-0.2, 0) is 4.79 Å². The molecule has 0 atom stereocenters. The summed E-state index contributed by atoms with van der Waals surface area (Å²) in [5.41, 5.74) is 7.11. The van der Waals surface area contributed by atoms with Crippen LogP contribution in [0.1, 0.15) is 31.4 Å². The number of aromatic nitrogens is 1. The molecule has 1 amide bonds. The third-order valence-electron chi connectivity index (χ3n) is 3.60.